The van der Waals surface area contributed by atoms with Crippen LogP contribution in [0.15, 0.2) is 24.9 Å². The van der Waals surface area contributed by atoms with E-state index in [1.54, 1.807) is 0 Å². The molecule has 16 heavy (non-hydrogen) atoms. The molecule has 1 atom stereocenters. The van der Waals surface area contributed by atoms with E-state index < -0.39 is 0 Å². The average molecular weight is 223 g/mol. The molecule has 0 saturated heterocycles. The summed E-state index contributed by atoms with van der Waals surface area (Å²) < 4.78 is 0. The molecule has 1 N–H and O–H groups in total. The second-order valence-electron chi connectivity index (χ2n) is 5.22. The van der Waals surface area contributed by atoms with Crippen LogP contribution in [0.4, 0.5) is 0 Å². The van der Waals surface area contributed by atoms with E-state index in [0.29, 0.717) is 0 Å². The Labute approximate surface area is 102 Å². The van der Waals surface area contributed by atoms with E-state index in [-0.39, 0.29) is 0 Å². The summed E-state index contributed by atoms with van der Waals surface area (Å²) in [4.78, 5) is 0. The molecular weight excluding hydrogens is 194 g/mol. The third-order valence-corrected chi connectivity index (χ3v) is 2.90. The highest BCUT2D eigenvalue weighted by molar-refractivity contribution is 4.92. The van der Waals surface area contributed by atoms with Crippen LogP contribution in [0.2, 0.25) is 0 Å². The van der Waals surface area contributed by atoms with Gasteiger partial charge in [-0.25, -0.2) is 0 Å². The number of allylic oxidation sites excluding steroid dienone is 2. The Morgan fingerprint density at radius 1 is 1.19 bits per heavy atom. The summed E-state index contributed by atoms with van der Waals surface area (Å²) in [7, 11) is 0. The van der Waals surface area contributed by atoms with Gasteiger partial charge in [-0.15, -0.1) is 6.58 Å². The van der Waals surface area contributed by atoms with Crippen molar-refractivity contribution in [2.75, 3.05) is 6.54 Å². The summed E-state index contributed by atoms with van der Waals surface area (Å²) in [5.74, 6) is 1.65. The van der Waals surface area contributed by atoms with Gasteiger partial charge in [-0.1, -0.05) is 46.3 Å². The van der Waals surface area contributed by atoms with Crippen LogP contribution in [0, 0.1) is 11.8 Å². The van der Waals surface area contributed by atoms with Crippen LogP contribution in [0.3, 0.4) is 0 Å². The predicted octanol–water partition coefficient (Wildman–Crippen LogP) is 4.52. The van der Waals surface area contributed by atoms with Gasteiger partial charge in [0.2, 0.25) is 0 Å². The summed E-state index contributed by atoms with van der Waals surface area (Å²) >= 11 is 0. The van der Waals surface area contributed by atoms with Gasteiger partial charge in [-0.3, -0.25) is 0 Å². The van der Waals surface area contributed by atoms with Gasteiger partial charge < -0.3 is 5.32 Å². The SMILES string of the molecule is C=CCCC(=C)NCCC(C)CCC(C)C. The van der Waals surface area contributed by atoms with Crippen LogP contribution >= 0.6 is 0 Å². The van der Waals surface area contributed by atoms with Gasteiger partial charge in [-0.05, 0) is 31.1 Å². The third-order valence-electron chi connectivity index (χ3n) is 2.90. The molecule has 94 valence electrons. The van der Waals surface area contributed by atoms with Crippen LogP contribution in [-0.2, 0) is 0 Å². The third kappa shape index (κ3) is 9.82. The minimum atomic E-state index is 0.821. The Morgan fingerprint density at radius 3 is 2.44 bits per heavy atom. The lowest BCUT2D eigenvalue weighted by atomic mass is 9.97. The quantitative estimate of drug-likeness (QED) is 0.537. The van der Waals surface area contributed by atoms with Gasteiger partial charge in [0.15, 0.2) is 0 Å². The number of hydrogen-bond acceptors (Lipinski definition) is 1. The van der Waals surface area contributed by atoms with E-state index in [1.165, 1.54) is 19.3 Å². The van der Waals surface area contributed by atoms with Gasteiger partial charge in [0.1, 0.15) is 0 Å². The monoisotopic (exact) mass is 223 g/mol. The average Bonchev–Trinajstić information content (AvgIpc) is 2.23. The zero-order chi connectivity index (χ0) is 12.4. The molecule has 0 amide bonds. The Morgan fingerprint density at radius 2 is 1.88 bits per heavy atom. The lowest BCUT2D eigenvalue weighted by molar-refractivity contribution is 0.423. The van der Waals surface area contributed by atoms with Crippen LogP contribution < -0.4 is 5.32 Å². The largest absolute Gasteiger partial charge is 0.389 e. The molecule has 1 nitrogen and oxygen atoms in total. The van der Waals surface area contributed by atoms with Crippen LogP contribution in [0.25, 0.3) is 0 Å². The molecule has 0 aliphatic rings. The molecule has 0 aromatic carbocycles. The van der Waals surface area contributed by atoms with Crippen molar-refractivity contribution in [3.05, 3.63) is 24.9 Å². The van der Waals surface area contributed by atoms with Crippen LogP contribution in [0.1, 0.15) is 52.9 Å². The number of nitrogens with one attached hydrogen (secondary N) is 1. The van der Waals surface area contributed by atoms with Crippen LogP contribution in [0.5, 0.6) is 0 Å². The highest BCUT2D eigenvalue weighted by Crippen LogP contribution is 2.14. The normalized spacial score (nSPS) is 12.5. The van der Waals surface area contributed by atoms with Crippen molar-refractivity contribution in [1.29, 1.82) is 0 Å². The second kappa shape index (κ2) is 9.50. The molecule has 0 rings (SSSR count). The van der Waals surface area contributed by atoms with Gasteiger partial charge >= 0.3 is 0 Å². The standard InChI is InChI=1S/C15H29N/c1-6-7-8-15(5)16-12-11-14(4)10-9-13(2)3/h6,13-14,16H,1,5,7-12H2,2-4H3. The zero-order valence-electron chi connectivity index (χ0n) is 11.4. The van der Waals surface area contributed by atoms with E-state index in [9.17, 15) is 0 Å². The first-order valence-electron chi connectivity index (χ1n) is 6.58. The Bertz CT molecular complexity index is 194. The number of hydrogen-bond donors (Lipinski definition) is 1. The molecule has 0 aromatic rings. The minimum Gasteiger partial charge on any atom is -0.389 e. The van der Waals surface area contributed by atoms with Crippen molar-refractivity contribution in [3.63, 3.8) is 0 Å². The molecule has 0 aliphatic carbocycles. The molecule has 0 spiro atoms. The molecule has 1 unspecified atom stereocenters. The van der Waals surface area contributed by atoms with E-state index in [1.807, 2.05) is 6.08 Å². The lowest BCUT2D eigenvalue weighted by Gasteiger charge is -2.14. The van der Waals surface area contributed by atoms with Gasteiger partial charge in [-0.2, -0.15) is 0 Å². The van der Waals surface area contributed by atoms with Crippen molar-refractivity contribution < 1.29 is 0 Å². The molecule has 0 aliphatic heterocycles. The fraction of sp³-hybridized carbons (Fsp3) is 0.733. The Balaban J connectivity index is 3.42. The molecule has 0 aromatic heterocycles. The molecule has 0 bridgehead atoms. The molecular formula is C15H29N. The minimum absolute atomic E-state index is 0.821. The summed E-state index contributed by atoms with van der Waals surface area (Å²) in [6, 6.07) is 0. The van der Waals surface area contributed by atoms with E-state index in [0.717, 1.165) is 36.9 Å². The number of rotatable bonds is 10. The van der Waals surface area contributed by atoms with Gasteiger partial charge in [0.25, 0.3) is 0 Å². The van der Waals surface area contributed by atoms with E-state index in [2.05, 4.69) is 39.2 Å². The highest BCUT2D eigenvalue weighted by atomic mass is 14.9. The van der Waals surface area contributed by atoms with Gasteiger partial charge in [0, 0.05) is 12.2 Å². The lowest BCUT2D eigenvalue weighted by Crippen LogP contribution is -2.16. The molecule has 0 saturated carbocycles. The summed E-state index contributed by atoms with van der Waals surface area (Å²) in [5.41, 5.74) is 1.15. The topological polar surface area (TPSA) is 12.0 Å². The molecule has 0 heterocycles. The van der Waals surface area contributed by atoms with Crippen molar-refractivity contribution in [3.8, 4) is 0 Å². The first-order valence-corrected chi connectivity index (χ1v) is 6.58. The van der Waals surface area contributed by atoms with E-state index in [4.69, 9.17) is 0 Å². The maximum absolute atomic E-state index is 4.00. The van der Waals surface area contributed by atoms with Crippen molar-refractivity contribution in [2.24, 2.45) is 11.8 Å². The van der Waals surface area contributed by atoms with E-state index >= 15 is 0 Å². The van der Waals surface area contributed by atoms with Crippen molar-refractivity contribution >= 4 is 0 Å². The van der Waals surface area contributed by atoms with Crippen molar-refractivity contribution in [1.82, 2.24) is 5.32 Å². The first-order chi connectivity index (χ1) is 7.56. The summed E-state index contributed by atoms with van der Waals surface area (Å²) in [5, 5.41) is 3.39. The predicted molar refractivity (Wildman–Crippen MR) is 74.4 cm³/mol. The maximum atomic E-state index is 4.00. The molecule has 0 radical (unpaired) electrons. The Kier molecular flexibility index (Phi) is 9.07. The fourth-order valence-corrected chi connectivity index (χ4v) is 1.62. The molecule has 0 fully saturated rings. The smallest absolute Gasteiger partial charge is 0.0146 e. The fourth-order valence-electron chi connectivity index (χ4n) is 1.62. The zero-order valence-corrected chi connectivity index (χ0v) is 11.4. The van der Waals surface area contributed by atoms with Crippen molar-refractivity contribution in [2.45, 2.75) is 52.9 Å². The summed E-state index contributed by atoms with van der Waals surface area (Å²) in [6.45, 7) is 15.7. The van der Waals surface area contributed by atoms with Crippen LogP contribution in [-0.4, -0.2) is 6.54 Å². The Hall–Kier alpha value is -0.720. The second-order valence-corrected chi connectivity index (χ2v) is 5.22. The highest BCUT2D eigenvalue weighted by Gasteiger charge is 2.03. The first kappa shape index (κ1) is 15.3. The maximum Gasteiger partial charge on any atom is 0.0146 e. The summed E-state index contributed by atoms with van der Waals surface area (Å²) in [6.07, 6.45) is 7.92. The van der Waals surface area contributed by atoms with Gasteiger partial charge in [0.05, 0.1) is 0 Å². The molecule has 1 heteroatoms.